The van der Waals surface area contributed by atoms with Gasteiger partial charge in [-0.15, -0.1) is 11.3 Å². The zero-order chi connectivity index (χ0) is 19.9. The van der Waals surface area contributed by atoms with E-state index in [1.54, 1.807) is 6.08 Å². The molecule has 1 amide bonds. The van der Waals surface area contributed by atoms with Gasteiger partial charge < -0.3 is 14.8 Å². The van der Waals surface area contributed by atoms with E-state index in [4.69, 9.17) is 9.47 Å². The summed E-state index contributed by atoms with van der Waals surface area (Å²) < 4.78 is 10.5. The number of hydrogen-bond acceptors (Lipinski definition) is 5. The second-order valence-corrected chi connectivity index (χ2v) is 7.75. The maximum atomic E-state index is 12.4. The Labute approximate surface area is 169 Å². The van der Waals surface area contributed by atoms with Crippen molar-refractivity contribution in [2.24, 2.45) is 0 Å². The number of esters is 1. The molecular weight excluding hydrogens is 374 g/mol. The second kappa shape index (κ2) is 9.55. The summed E-state index contributed by atoms with van der Waals surface area (Å²) in [6.07, 6.45) is 8.14. The van der Waals surface area contributed by atoms with Crippen molar-refractivity contribution in [3.8, 4) is 5.75 Å². The summed E-state index contributed by atoms with van der Waals surface area (Å²) in [5, 5.41) is 3.44. The second-order valence-electron chi connectivity index (χ2n) is 6.65. The van der Waals surface area contributed by atoms with Crippen molar-refractivity contribution in [2.75, 3.05) is 19.0 Å². The van der Waals surface area contributed by atoms with Crippen LogP contribution in [0.5, 0.6) is 5.75 Å². The number of hydrogen-bond donors (Lipinski definition) is 1. The first-order valence-corrected chi connectivity index (χ1v) is 10.4. The van der Waals surface area contributed by atoms with Gasteiger partial charge in [0, 0.05) is 11.0 Å². The van der Waals surface area contributed by atoms with Crippen LogP contribution in [-0.4, -0.2) is 25.6 Å². The maximum Gasteiger partial charge on any atom is 0.341 e. The highest BCUT2D eigenvalue weighted by molar-refractivity contribution is 7.17. The third-order valence-electron chi connectivity index (χ3n) is 4.58. The van der Waals surface area contributed by atoms with E-state index in [-0.39, 0.29) is 11.9 Å². The number of carbonyl (C=O) groups is 2. The topological polar surface area (TPSA) is 64.6 Å². The van der Waals surface area contributed by atoms with E-state index in [1.165, 1.54) is 29.4 Å². The highest BCUT2D eigenvalue weighted by Gasteiger charge is 2.26. The van der Waals surface area contributed by atoms with E-state index >= 15 is 0 Å². The number of ether oxygens (including phenoxy) is 2. The number of amides is 1. The van der Waals surface area contributed by atoms with Gasteiger partial charge in [0.25, 0.3) is 0 Å². The summed E-state index contributed by atoms with van der Waals surface area (Å²) in [6, 6.07) is 7.57. The minimum absolute atomic E-state index is 0.268. The first-order valence-electron chi connectivity index (χ1n) is 9.57. The van der Waals surface area contributed by atoms with Crippen molar-refractivity contribution in [1.82, 2.24) is 0 Å². The lowest BCUT2D eigenvalue weighted by Gasteiger charge is -2.11. The van der Waals surface area contributed by atoms with Crippen molar-refractivity contribution < 1.29 is 19.1 Å². The lowest BCUT2D eigenvalue weighted by molar-refractivity contribution is -0.111. The highest BCUT2D eigenvalue weighted by atomic mass is 32.1. The summed E-state index contributed by atoms with van der Waals surface area (Å²) in [7, 11) is 1.37. The van der Waals surface area contributed by atoms with Crippen molar-refractivity contribution >= 4 is 34.3 Å². The van der Waals surface area contributed by atoms with Gasteiger partial charge in [-0.1, -0.05) is 19.1 Å². The first kappa shape index (κ1) is 20.1. The Balaban J connectivity index is 1.70. The Bertz CT molecular complexity index is 867. The van der Waals surface area contributed by atoms with Crippen LogP contribution in [0.3, 0.4) is 0 Å². The van der Waals surface area contributed by atoms with Gasteiger partial charge in [-0.25, -0.2) is 4.79 Å². The lowest BCUT2D eigenvalue weighted by atomic mass is 9.95. The highest BCUT2D eigenvalue weighted by Crippen LogP contribution is 2.38. The van der Waals surface area contributed by atoms with Gasteiger partial charge >= 0.3 is 5.97 Å². The molecule has 3 rings (SSSR count). The quantitative estimate of drug-likeness (QED) is 0.534. The van der Waals surface area contributed by atoms with Crippen LogP contribution in [0.25, 0.3) is 6.08 Å². The Morgan fingerprint density at radius 1 is 1.18 bits per heavy atom. The molecule has 0 saturated carbocycles. The summed E-state index contributed by atoms with van der Waals surface area (Å²) in [5.41, 5.74) is 2.45. The molecule has 2 aromatic rings. The van der Waals surface area contributed by atoms with Crippen LogP contribution in [0.2, 0.25) is 0 Å². The Kier molecular flexibility index (Phi) is 6.87. The van der Waals surface area contributed by atoms with Crippen LogP contribution >= 0.6 is 11.3 Å². The number of thiophene rings is 1. The molecule has 0 spiro atoms. The van der Waals surface area contributed by atoms with E-state index in [1.807, 2.05) is 24.3 Å². The molecule has 1 aromatic heterocycles. The van der Waals surface area contributed by atoms with Crippen molar-refractivity contribution in [3.63, 3.8) is 0 Å². The Hall–Kier alpha value is -2.60. The molecule has 5 nitrogen and oxygen atoms in total. The number of methoxy groups -OCH3 is 1. The van der Waals surface area contributed by atoms with E-state index in [9.17, 15) is 9.59 Å². The summed E-state index contributed by atoms with van der Waals surface area (Å²) in [6.45, 7) is 2.75. The molecule has 1 N–H and O–H groups in total. The van der Waals surface area contributed by atoms with Crippen LogP contribution < -0.4 is 10.1 Å². The molecule has 1 aliphatic rings. The minimum atomic E-state index is -0.388. The van der Waals surface area contributed by atoms with Gasteiger partial charge in [-0.3, -0.25) is 4.79 Å². The fourth-order valence-corrected chi connectivity index (χ4v) is 4.47. The van der Waals surface area contributed by atoms with Crippen LogP contribution in [-0.2, 0) is 22.4 Å². The van der Waals surface area contributed by atoms with Crippen molar-refractivity contribution in [1.29, 1.82) is 0 Å². The summed E-state index contributed by atoms with van der Waals surface area (Å²) in [4.78, 5) is 25.8. The molecule has 1 heterocycles. The molecule has 0 unspecified atom stereocenters. The van der Waals surface area contributed by atoms with E-state index in [0.29, 0.717) is 17.2 Å². The molecule has 1 aromatic carbocycles. The third kappa shape index (κ3) is 4.81. The molecule has 0 aliphatic heterocycles. The number of rotatable bonds is 7. The summed E-state index contributed by atoms with van der Waals surface area (Å²) >= 11 is 1.48. The largest absolute Gasteiger partial charge is 0.494 e. The van der Waals surface area contributed by atoms with Gasteiger partial charge in [0.05, 0.1) is 19.3 Å². The predicted octanol–water partition coefficient (Wildman–Crippen LogP) is 4.85. The maximum absolute atomic E-state index is 12.4. The van der Waals surface area contributed by atoms with E-state index < -0.39 is 0 Å². The molecule has 0 bridgehead atoms. The number of fused-ring (bicyclic) bond motifs is 1. The predicted molar refractivity (Wildman–Crippen MR) is 112 cm³/mol. The van der Waals surface area contributed by atoms with Gasteiger partial charge in [-0.05, 0) is 61.4 Å². The monoisotopic (exact) mass is 399 g/mol. The third-order valence-corrected chi connectivity index (χ3v) is 5.78. The molecule has 0 saturated heterocycles. The van der Waals surface area contributed by atoms with Crippen LogP contribution in [0.15, 0.2) is 30.3 Å². The van der Waals surface area contributed by atoms with Crippen LogP contribution in [0.4, 0.5) is 5.00 Å². The van der Waals surface area contributed by atoms with Crippen LogP contribution in [0.1, 0.15) is 52.5 Å². The molecule has 28 heavy (non-hydrogen) atoms. The SMILES string of the molecule is CCCOc1ccc(/C=C/C(=O)Nc2sc3c(c2C(=O)OC)CCCC3)cc1. The van der Waals surface area contributed by atoms with E-state index in [2.05, 4.69) is 12.2 Å². The smallest absolute Gasteiger partial charge is 0.341 e. The number of anilines is 1. The molecular formula is C22H25NO4S. The zero-order valence-corrected chi connectivity index (χ0v) is 17.1. The standard InChI is InChI=1S/C22H25NO4S/c1-3-14-27-16-11-8-15(9-12-16)10-13-19(24)23-21-20(22(25)26-2)17-6-4-5-7-18(17)28-21/h8-13H,3-7,14H2,1-2H3,(H,23,24)/b13-10+. The fourth-order valence-electron chi connectivity index (χ4n) is 3.19. The number of benzene rings is 1. The molecule has 0 atom stereocenters. The number of nitrogens with one attached hydrogen (secondary N) is 1. The van der Waals surface area contributed by atoms with Crippen molar-refractivity contribution in [3.05, 3.63) is 51.9 Å². The van der Waals surface area contributed by atoms with Crippen molar-refractivity contribution in [2.45, 2.75) is 39.0 Å². The summed E-state index contributed by atoms with van der Waals surface area (Å²) in [5.74, 6) is 0.159. The Morgan fingerprint density at radius 3 is 2.64 bits per heavy atom. The van der Waals surface area contributed by atoms with E-state index in [0.717, 1.165) is 49.0 Å². The average molecular weight is 400 g/mol. The van der Waals surface area contributed by atoms with Gasteiger partial charge in [0.15, 0.2) is 0 Å². The van der Waals surface area contributed by atoms with Gasteiger partial charge in [0.2, 0.25) is 5.91 Å². The number of carbonyl (C=O) groups excluding carboxylic acids is 2. The van der Waals surface area contributed by atoms with Gasteiger partial charge in [-0.2, -0.15) is 0 Å². The average Bonchev–Trinajstić information content (AvgIpc) is 3.08. The first-order chi connectivity index (χ1) is 13.6. The lowest BCUT2D eigenvalue weighted by Crippen LogP contribution is -2.13. The molecule has 0 fully saturated rings. The van der Waals surface area contributed by atoms with Gasteiger partial charge in [0.1, 0.15) is 10.8 Å². The fraction of sp³-hybridized carbons (Fsp3) is 0.364. The van der Waals surface area contributed by atoms with Crippen LogP contribution in [0, 0.1) is 0 Å². The normalized spacial score (nSPS) is 13.2. The minimum Gasteiger partial charge on any atom is -0.494 e. The molecule has 1 aliphatic carbocycles. The molecule has 148 valence electrons. The number of aryl methyl sites for hydroxylation is 1. The Morgan fingerprint density at radius 2 is 1.93 bits per heavy atom. The zero-order valence-electron chi connectivity index (χ0n) is 16.2. The molecule has 0 radical (unpaired) electrons. The molecule has 6 heteroatoms.